The molecule has 0 bridgehead atoms. The molecule has 0 N–H and O–H groups in total. The van der Waals surface area contributed by atoms with Gasteiger partial charge in [0.2, 0.25) is 0 Å². The van der Waals surface area contributed by atoms with Gasteiger partial charge >= 0.3 is 6.18 Å². The summed E-state index contributed by atoms with van der Waals surface area (Å²) in [6, 6.07) is 6.55. The Labute approximate surface area is 130 Å². The Morgan fingerprint density at radius 1 is 1.39 bits per heavy atom. The van der Waals surface area contributed by atoms with Crippen molar-refractivity contribution in [3.8, 4) is 0 Å². The van der Waals surface area contributed by atoms with Crippen LogP contribution in [0.2, 0.25) is 0 Å². The maximum atomic E-state index is 13.1. The Morgan fingerprint density at radius 3 is 2.70 bits per heavy atom. The third-order valence-corrected chi connectivity index (χ3v) is 4.18. The third-order valence-electron chi connectivity index (χ3n) is 4.18. The number of hydrogen-bond donors (Lipinski definition) is 0. The fraction of sp³-hybridized carbons (Fsp3) is 0.400. The van der Waals surface area contributed by atoms with Gasteiger partial charge in [0.1, 0.15) is 18.2 Å². The summed E-state index contributed by atoms with van der Waals surface area (Å²) < 4.78 is 41.0. The van der Waals surface area contributed by atoms with E-state index >= 15 is 0 Å². The highest BCUT2D eigenvalue weighted by molar-refractivity contribution is 5.95. The average molecular weight is 324 g/mol. The zero-order chi connectivity index (χ0) is 16.7. The van der Waals surface area contributed by atoms with Gasteiger partial charge in [0.05, 0.1) is 6.54 Å². The largest absolute Gasteiger partial charge is 0.411 e. The molecule has 1 aliphatic rings. The van der Waals surface area contributed by atoms with E-state index < -0.39 is 17.6 Å². The topological polar surface area (TPSA) is 51.0 Å². The molecule has 1 heterocycles. The highest BCUT2D eigenvalue weighted by Gasteiger charge is 2.67. The maximum absolute atomic E-state index is 13.1. The van der Waals surface area contributed by atoms with E-state index in [2.05, 4.69) is 10.1 Å². The molecule has 3 rings (SSSR count). The van der Waals surface area contributed by atoms with E-state index in [0.29, 0.717) is 6.54 Å². The number of alkyl halides is 3. The molecule has 1 aliphatic carbocycles. The molecule has 0 unspecified atom stereocenters. The Balaban J connectivity index is 1.80. The number of halogens is 3. The standard InChI is InChI=1S/C15H15F3N4O/c1-21(14(5-6-14)15(16,17)18)13(23)12-4-2-3-11(7-12)8-22-10-19-9-20-22/h2-4,7,9-10H,5-6,8H2,1H3. The van der Waals surface area contributed by atoms with Crippen LogP contribution >= 0.6 is 0 Å². The first kappa shape index (κ1) is 15.5. The van der Waals surface area contributed by atoms with Crippen LogP contribution in [0, 0.1) is 0 Å². The van der Waals surface area contributed by atoms with Gasteiger partial charge in [-0.05, 0) is 30.5 Å². The van der Waals surface area contributed by atoms with Gasteiger partial charge in [-0.2, -0.15) is 18.3 Å². The monoisotopic (exact) mass is 324 g/mol. The SMILES string of the molecule is CN(C(=O)c1cccc(Cn2cncn2)c1)C1(C(F)(F)F)CC1. The summed E-state index contributed by atoms with van der Waals surface area (Å²) in [7, 11) is 1.22. The Kier molecular flexibility index (Phi) is 3.62. The maximum Gasteiger partial charge on any atom is 0.411 e. The lowest BCUT2D eigenvalue weighted by Gasteiger charge is -2.30. The van der Waals surface area contributed by atoms with Gasteiger partial charge in [-0.25, -0.2) is 9.67 Å². The van der Waals surface area contributed by atoms with Crippen LogP contribution < -0.4 is 0 Å². The lowest BCUT2D eigenvalue weighted by Crippen LogP contribution is -2.49. The first-order valence-electron chi connectivity index (χ1n) is 7.10. The van der Waals surface area contributed by atoms with E-state index in [9.17, 15) is 18.0 Å². The molecule has 1 aromatic carbocycles. The van der Waals surface area contributed by atoms with Gasteiger partial charge in [0.25, 0.3) is 5.91 Å². The highest BCUT2D eigenvalue weighted by Crippen LogP contribution is 2.53. The number of carbonyl (C=O) groups excluding carboxylic acids is 1. The number of nitrogens with zero attached hydrogens (tertiary/aromatic N) is 4. The van der Waals surface area contributed by atoms with Crippen molar-refractivity contribution < 1.29 is 18.0 Å². The van der Waals surface area contributed by atoms with Crippen LogP contribution in [0.3, 0.4) is 0 Å². The summed E-state index contributed by atoms with van der Waals surface area (Å²) in [6.45, 7) is 0.398. The molecule has 1 amide bonds. The molecule has 23 heavy (non-hydrogen) atoms. The number of aromatic nitrogens is 3. The predicted molar refractivity (Wildman–Crippen MR) is 75.7 cm³/mol. The number of rotatable bonds is 4. The van der Waals surface area contributed by atoms with Crippen LogP contribution in [0.25, 0.3) is 0 Å². The quantitative estimate of drug-likeness (QED) is 0.868. The van der Waals surface area contributed by atoms with Crippen molar-refractivity contribution in [2.75, 3.05) is 7.05 Å². The second-order valence-corrected chi connectivity index (χ2v) is 5.69. The summed E-state index contributed by atoms with van der Waals surface area (Å²) in [5.41, 5.74) is -1.00. The van der Waals surface area contributed by atoms with Crippen molar-refractivity contribution in [1.29, 1.82) is 0 Å². The number of benzene rings is 1. The molecule has 0 spiro atoms. The highest BCUT2D eigenvalue weighted by atomic mass is 19.4. The smallest absolute Gasteiger partial charge is 0.327 e. The first-order chi connectivity index (χ1) is 10.8. The second kappa shape index (κ2) is 5.36. The molecule has 0 saturated heterocycles. The van der Waals surface area contributed by atoms with Crippen LogP contribution in [0.15, 0.2) is 36.9 Å². The molecule has 1 aromatic heterocycles. The van der Waals surface area contributed by atoms with E-state index in [0.717, 1.165) is 10.5 Å². The normalized spacial score (nSPS) is 16.2. The summed E-state index contributed by atoms with van der Waals surface area (Å²) >= 11 is 0. The lowest BCUT2D eigenvalue weighted by atomic mass is 10.1. The molecule has 0 atom stereocenters. The van der Waals surface area contributed by atoms with Gasteiger partial charge in [0, 0.05) is 12.6 Å². The van der Waals surface area contributed by atoms with E-state index in [-0.39, 0.29) is 18.4 Å². The van der Waals surface area contributed by atoms with Crippen LogP contribution in [0.1, 0.15) is 28.8 Å². The minimum absolute atomic E-state index is 0.0443. The summed E-state index contributed by atoms with van der Waals surface area (Å²) in [5.74, 6) is -0.625. The predicted octanol–water partition coefficient (Wildman–Crippen LogP) is 2.49. The van der Waals surface area contributed by atoms with Crippen molar-refractivity contribution in [2.45, 2.75) is 31.1 Å². The Hall–Kier alpha value is -2.38. The Bertz CT molecular complexity index is 708. The molecule has 122 valence electrons. The second-order valence-electron chi connectivity index (χ2n) is 5.69. The molecule has 1 saturated carbocycles. The van der Waals surface area contributed by atoms with E-state index in [1.807, 2.05) is 0 Å². The van der Waals surface area contributed by atoms with Crippen molar-refractivity contribution in [3.63, 3.8) is 0 Å². The van der Waals surface area contributed by atoms with Gasteiger partial charge < -0.3 is 4.90 Å². The Morgan fingerprint density at radius 2 is 2.13 bits per heavy atom. The zero-order valence-corrected chi connectivity index (χ0v) is 12.4. The van der Waals surface area contributed by atoms with Crippen LogP contribution in [0.4, 0.5) is 13.2 Å². The molecule has 0 aliphatic heterocycles. The average Bonchev–Trinajstić information content (AvgIpc) is 3.19. The molecular weight excluding hydrogens is 309 g/mol. The van der Waals surface area contributed by atoms with E-state index in [4.69, 9.17) is 0 Å². The summed E-state index contributed by atoms with van der Waals surface area (Å²) in [6.07, 6.45) is -1.57. The van der Waals surface area contributed by atoms with E-state index in [1.165, 1.54) is 25.8 Å². The summed E-state index contributed by atoms with van der Waals surface area (Å²) in [5, 5.41) is 3.96. The minimum atomic E-state index is -4.41. The summed E-state index contributed by atoms with van der Waals surface area (Å²) in [4.78, 5) is 17.1. The van der Waals surface area contributed by atoms with Gasteiger partial charge in [0.15, 0.2) is 0 Å². The molecule has 2 aromatic rings. The fourth-order valence-electron chi connectivity index (χ4n) is 2.62. The van der Waals surface area contributed by atoms with Crippen molar-refractivity contribution >= 4 is 5.91 Å². The fourth-order valence-corrected chi connectivity index (χ4v) is 2.62. The first-order valence-corrected chi connectivity index (χ1v) is 7.10. The molecular formula is C15H15F3N4O. The van der Waals surface area contributed by atoms with Crippen molar-refractivity contribution in [2.24, 2.45) is 0 Å². The van der Waals surface area contributed by atoms with Crippen LogP contribution in [-0.4, -0.2) is 44.3 Å². The number of hydrogen-bond acceptors (Lipinski definition) is 3. The van der Waals surface area contributed by atoms with Gasteiger partial charge in [-0.3, -0.25) is 4.79 Å². The van der Waals surface area contributed by atoms with Gasteiger partial charge in [-0.15, -0.1) is 0 Å². The molecule has 0 radical (unpaired) electrons. The van der Waals surface area contributed by atoms with E-state index in [1.54, 1.807) is 22.9 Å². The number of carbonyl (C=O) groups is 1. The van der Waals surface area contributed by atoms with Crippen molar-refractivity contribution in [3.05, 3.63) is 48.0 Å². The van der Waals surface area contributed by atoms with Crippen molar-refractivity contribution in [1.82, 2.24) is 19.7 Å². The minimum Gasteiger partial charge on any atom is -0.327 e. The lowest BCUT2D eigenvalue weighted by molar-refractivity contribution is -0.185. The van der Waals surface area contributed by atoms with Crippen LogP contribution in [-0.2, 0) is 6.54 Å². The third kappa shape index (κ3) is 2.80. The number of amides is 1. The molecule has 8 heteroatoms. The van der Waals surface area contributed by atoms with Crippen LogP contribution in [0.5, 0.6) is 0 Å². The molecule has 1 fully saturated rings. The zero-order valence-electron chi connectivity index (χ0n) is 12.4. The molecule has 5 nitrogen and oxygen atoms in total. The van der Waals surface area contributed by atoms with Gasteiger partial charge in [-0.1, -0.05) is 12.1 Å².